The zero-order chi connectivity index (χ0) is 17.7. The van der Waals surface area contributed by atoms with Crippen molar-refractivity contribution in [3.05, 3.63) is 54.1 Å². The molecule has 25 heavy (non-hydrogen) atoms. The van der Waals surface area contributed by atoms with Crippen molar-refractivity contribution in [2.75, 3.05) is 31.7 Å². The van der Waals surface area contributed by atoms with Crippen LogP contribution in [0.15, 0.2) is 48.5 Å². The van der Waals surface area contributed by atoms with Gasteiger partial charge in [-0.2, -0.15) is 0 Å². The first-order chi connectivity index (χ1) is 12.3. The Morgan fingerprint density at radius 3 is 2.40 bits per heavy atom. The highest BCUT2D eigenvalue weighted by atomic mass is 16.5. The van der Waals surface area contributed by atoms with Crippen LogP contribution in [-0.4, -0.2) is 26.4 Å². The highest BCUT2D eigenvalue weighted by Crippen LogP contribution is 2.24. The third kappa shape index (κ3) is 7.06. The molecular formula is C21H29NO3. The van der Waals surface area contributed by atoms with Crippen molar-refractivity contribution in [1.29, 1.82) is 0 Å². The van der Waals surface area contributed by atoms with E-state index in [-0.39, 0.29) is 0 Å². The Labute approximate surface area is 151 Å². The average molecular weight is 343 g/mol. The number of hydrogen-bond acceptors (Lipinski definition) is 4. The Balaban J connectivity index is 1.84. The lowest BCUT2D eigenvalue weighted by molar-refractivity contribution is 0.110. The molecule has 2 aromatic carbocycles. The van der Waals surface area contributed by atoms with Gasteiger partial charge in [0.1, 0.15) is 18.1 Å². The minimum absolute atomic E-state index is 0.552. The molecule has 0 bridgehead atoms. The van der Waals surface area contributed by atoms with Crippen LogP contribution in [0.2, 0.25) is 0 Å². The van der Waals surface area contributed by atoms with Crippen molar-refractivity contribution in [2.24, 2.45) is 0 Å². The summed E-state index contributed by atoms with van der Waals surface area (Å²) in [5, 5.41) is 3.44. The Morgan fingerprint density at radius 1 is 0.840 bits per heavy atom. The lowest BCUT2D eigenvalue weighted by Crippen LogP contribution is -2.08. The van der Waals surface area contributed by atoms with E-state index in [0.29, 0.717) is 19.8 Å². The number of unbranched alkanes of at least 4 members (excludes halogenated alkanes) is 1. The van der Waals surface area contributed by atoms with Gasteiger partial charge in [-0.05, 0) is 43.2 Å². The van der Waals surface area contributed by atoms with Crippen molar-refractivity contribution >= 4 is 5.69 Å². The largest absolute Gasteiger partial charge is 0.494 e. The topological polar surface area (TPSA) is 39.7 Å². The molecule has 0 radical (unpaired) electrons. The number of anilines is 1. The first-order valence-corrected chi connectivity index (χ1v) is 9.08. The molecule has 1 N–H and O–H groups in total. The molecule has 4 nitrogen and oxygen atoms in total. The Kier molecular flexibility index (Phi) is 8.70. The van der Waals surface area contributed by atoms with Gasteiger partial charge in [0.05, 0.1) is 18.9 Å². The number of nitrogens with one attached hydrogen (secondary N) is 1. The number of para-hydroxylation sites is 2. The molecule has 0 saturated carbocycles. The first-order valence-electron chi connectivity index (χ1n) is 9.08. The highest BCUT2D eigenvalue weighted by molar-refractivity contribution is 5.56. The van der Waals surface area contributed by atoms with Gasteiger partial charge >= 0.3 is 0 Å². The van der Waals surface area contributed by atoms with Crippen molar-refractivity contribution in [3.8, 4) is 11.5 Å². The van der Waals surface area contributed by atoms with E-state index in [1.165, 1.54) is 5.56 Å². The molecule has 0 heterocycles. The summed E-state index contributed by atoms with van der Waals surface area (Å²) in [6.45, 7) is 7.52. The van der Waals surface area contributed by atoms with Gasteiger partial charge in [0.15, 0.2) is 0 Å². The quantitative estimate of drug-likeness (QED) is 0.557. The Morgan fingerprint density at radius 2 is 1.64 bits per heavy atom. The van der Waals surface area contributed by atoms with Gasteiger partial charge in [0, 0.05) is 13.2 Å². The van der Waals surface area contributed by atoms with Gasteiger partial charge in [-0.25, -0.2) is 0 Å². The summed E-state index contributed by atoms with van der Waals surface area (Å²) >= 11 is 0. The van der Waals surface area contributed by atoms with E-state index in [1.807, 2.05) is 43.3 Å². The van der Waals surface area contributed by atoms with E-state index in [1.54, 1.807) is 0 Å². The minimum atomic E-state index is 0.552. The van der Waals surface area contributed by atoms with Gasteiger partial charge in [-0.15, -0.1) is 0 Å². The van der Waals surface area contributed by atoms with Gasteiger partial charge in [0.25, 0.3) is 0 Å². The summed E-state index contributed by atoms with van der Waals surface area (Å²) in [5.74, 6) is 1.78. The molecule has 0 atom stereocenters. The standard InChI is InChI=1S/C21H29NO3/c1-3-5-14-24-19-12-10-18(11-13-19)17-22-20-8-6-7-9-21(20)25-16-15-23-4-2/h6-13,22H,3-5,14-17H2,1-2H3. The van der Waals surface area contributed by atoms with E-state index < -0.39 is 0 Å². The van der Waals surface area contributed by atoms with Gasteiger partial charge in [-0.3, -0.25) is 0 Å². The molecule has 0 aliphatic rings. The average Bonchev–Trinajstić information content (AvgIpc) is 2.65. The normalized spacial score (nSPS) is 10.5. The molecule has 0 aliphatic carbocycles. The van der Waals surface area contributed by atoms with Crippen molar-refractivity contribution in [3.63, 3.8) is 0 Å². The van der Waals surface area contributed by atoms with Crippen molar-refractivity contribution in [2.45, 2.75) is 33.2 Å². The van der Waals surface area contributed by atoms with Crippen LogP contribution in [0.5, 0.6) is 11.5 Å². The molecule has 0 fully saturated rings. The summed E-state index contributed by atoms with van der Waals surface area (Å²) in [5.41, 5.74) is 2.19. The molecule has 0 aromatic heterocycles. The minimum Gasteiger partial charge on any atom is -0.494 e. The molecule has 2 aromatic rings. The SMILES string of the molecule is CCCCOc1ccc(CNc2ccccc2OCCOCC)cc1. The van der Waals surface area contributed by atoms with Crippen LogP contribution in [0.4, 0.5) is 5.69 Å². The summed E-state index contributed by atoms with van der Waals surface area (Å²) in [7, 11) is 0. The van der Waals surface area contributed by atoms with Crippen LogP contribution < -0.4 is 14.8 Å². The molecule has 0 aliphatic heterocycles. The van der Waals surface area contributed by atoms with Gasteiger partial charge in [0.2, 0.25) is 0 Å². The molecule has 0 unspecified atom stereocenters. The predicted molar refractivity (Wildman–Crippen MR) is 103 cm³/mol. The number of benzene rings is 2. The monoisotopic (exact) mass is 343 g/mol. The summed E-state index contributed by atoms with van der Waals surface area (Å²) < 4.78 is 16.8. The number of rotatable bonds is 12. The van der Waals surface area contributed by atoms with E-state index in [9.17, 15) is 0 Å². The maximum atomic E-state index is 5.79. The molecule has 0 amide bonds. The van der Waals surface area contributed by atoms with Crippen LogP contribution in [0.1, 0.15) is 32.3 Å². The third-order valence-electron chi connectivity index (χ3n) is 3.75. The maximum absolute atomic E-state index is 5.79. The fraction of sp³-hybridized carbons (Fsp3) is 0.429. The summed E-state index contributed by atoms with van der Waals surface area (Å²) in [4.78, 5) is 0. The van der Waals surface area contributed by atoms with E-state index in [0.717, 1.165) is 43.2 Å². The van der Waals surface area contributed by atoms with Crippen molar-refractivity contribution in [1.82, 2.24) is 0 Å². The molecule has 0 spiro atoms. The number of hydrogen-bond donors (Lipinski definition) is 1. The van der Waals surface area contributed by atoms with Crippen LogP contribution in [0.3, 0.4) is 0 Å². The second-order valence-electron chi connectivity index (χ2n) is 5.74. The molecular weight excluding hydrogens is 314 g/mol. The Hall–Kier alpha value is -2.20. The second kappa shape index (κ2) is 11.4. The molecule has 0 saturated heterocycles. The lowest BCUT2D eigenvalue weighted by Gasteiger charge is -2.13. The Bertz CT molecular complexity index is 598. The molecule has 4 heteroatoms. The van der Waals surface area contributed by atoms with E-state index >= 15 is 0 Å². The fourth-order valence-corrected chi connectivity index (χ4v) is 2.33. The molecule has 136 valence electrons. The smallest absolute Gasteiger partial charge is 0.142 e. The second-order valence-corrected chi connectivity index (χ2v) is 5.74. The third-order valence-corrected chi connectivity index (χ3v) is 3.75. The van der Waals surface area contributed by atoms with Crippen LogP contribution in [0.25, 0.3) is 0 Å². The summed E-state index contributed by atoms with van der Waals surface area (Å²) in [6, 6.07) is 16.2. The lowest BCUT2D eigenvalue weighted by atomic mass is 10.2. The van der Waals surface area contributed by atoms with Gasteiger partial charge < -0.3 is 19.5 Å². The zero-order valence-corrected chi connectivity index (χ0v) is 15.3. The first kappa shape index (κ1) is 19.1. The zero-order valence-electron chi connectivity index (χ0n) is 15.3. The maximum Gasteiger partial charge on any atom is 0.142 e. The van der Waals surface area contributed by atoms with Crippen molar-refractivity contribution < 1.29 is 14.2 Å². The van der Waals surface area contributed by atoms with Crippen LogP contribution in [-0.2, 0) is 11.3 Å². The van der Waals surface area contributed by atoms with E-state index in [2.05, 4.69) is 24.4 Å². The summed E-state index contributed by atoms with van der Waals surface area (Å²) in [6.07, 6.45) is 2.23. The molecule has 2 rings (SSSR count). The highest BCUT2D eigenvalue weighted by Gasteiger charge is 2.03. The van der Waals surface area contributed by atoms with Crippen LogP contribution >= 0.6 is 0 Å². The van der Waals surface area contributed by atoms with E-state index in [4.69, 9.17) is 14.2 Å². The predicted octanol–water partition coefficient (Wildman–Crippen LogP) is 4.89. The number of ether oxygens (including phenoxy) is 3. The van der Waals surface area contributed by atoms with Crippen LogP contribution in [0, 0.1) is 0 Å². The fourth-order valence-electron chi connectivity index (χ4n) is 2.33. The van der Waals surface area contributed by atoms with Gasteiger partial charge in [-0.1, -0.05) is 37.6 Å².